The number of rotatable bonds is 70. The van der Waals surface area contributed by atoms with Gasteiger partial charge in [-0.1, -0.05) is 372 Å². The van der Waals surface area contributed by atoms with Gasteiger partial charge in [-0.2, -0.15) is 0 Å². The van der Waals surface area contributed by atoms with Gasteiger partial charge in [0, 0.05) is 12.8 Å². The average molecular weight is 1140 g/mol. The highest BCUT2D eigenvalue weighted by Crippen LogP contribution is 2.19. The summed E-state index contributed by atoms with van der Waals surface area (Å²) in [5, 5.41) is 23.1. The molecule has 2 unspecified atom stereocenters. The lowest BCUT2D eigenvalue weighted by Gasteiger charge is -2.20. The number of allylic oxidation sites excluding steroid dienone is 3. The van der Waals surface area contributed by atoms with Gasteiger partial charge in [-0.05, 0) is 57.8 Å². The summed E-state index contributed by atoms with van der Waals surface area (Å²) in [5.41, 5.74) is 0. The van der Waals surface area contributed by atoms with Crippen molar-refractivity contribution in [3.63, 3.8) is 0 Å². The van der Waals surface area contributed by atoms with E-state index in [-0.39, 0.29) is 18.5 Å². The van der Waals surface area contributed by atoms with E-state index in [1.165, 1.54) is 353 Å². The average Bonchev–Trinajstić information content (AvgIpc) is 3.47. The lowest BCUT2D eigenvalue weighted by molar-refractivity contribution is -0.143. The monoisotopic (exact) mass is 1140 g/mol. The molecule has 0 heterocycles. The molecule has 0 aromatic carbocycles. The molecule has 6 nitrogen and oxygen atoms in total. The van der Waals surface area contributed by atoms with E-state index in [0.29, 0.717) is 19.4 Å². The first-order valence-corrected chi connectivity index (χ1v) is 37.1. The summed E-state index contributed by atoms with van der Waals surface area (Å²) in [7, 11) is 0. The maximum absolute atomic E-state index is 12.5. The molecule has 3 N–H and O–H groups in total. The number of unbranched alkanes of at least 4 members (excludes halogenated alkanes) is 57. The predicted molar refractivity (Wildman–Crippen MR) is 356 cm³/mol. The predicted octanol–water partition coefficient (Wildman–Crippen LogP) is 24.1. The summed E-state index contributed by atoms with van der Waals surface area (Å²) >= 11 is 0. The second-order valence-corrected chi connectivity index (χ2v) is 25.6. The zero-order chi connectivity index (χ0) is 58.5. The van der Waals surface area contributed by atoms with Crippen LogP contribution in [0.5, 0.6) is 0 Å². The smallest absolute Gasteiger partial charge is 0.305 e. The Morgan fingerprint density at radius 2 is 0.580 bits per heavy atom. The van der Waals surface area contributed by atoms with Crippen LogP contribution >= 0.6 is 0 Å². The topological polar surface area (TPSA) is 95.9 Å². The molecule has 0 fully saturated rings. The maximum Gasteiger partial charge on any atom is 0.305 e. The zero-order valence-electron chi connectivity index (χ0n) is 55.0. The Kier molecular flexibility index (Phi) is 69.4. The summed E-state index contributed by atoms with van der Waals surface area (Å²) in [5.74, 6) is -0.0385. The van der Waals surface area contributed by atoms with Crippen LogP contribution in [0.1, 0.15) is 418 Å². The normalized spacial score (nSPS) is 12.6. The van der Waals surface area contributed by atoms with Crippen molar-refractivity contribution in [1.29, 1.82) is 0 Å². The van der Waals surface area contributed by atoms with E-state index >= 15 is 0 Å². The number of aliphatic hydroxyl groups is 2. The van der Waals surface area contributed by atoms with Crippen LogP contribution < -0.4 is 5.32 Å². The van der Waals surface area contributed by atoms with Crippen molar-refractivity contribution in [3.05, 3.63) is 24.3 Å². The summed E-state index contributed by atoms with van der Waals surface area (Å²) in [6.45, 7) is 4.94. The molecule has 0 bridgehead atoms. The van der Waals surface area contributed by atoms with Crippen molar-refractivity contribution in [2.24, 2.45) is 0 Å². The van der Waals surface area contributed by atoms with Crippen LogP contribution in [0.2, 0.25) is 0 Å². The van der Waals surface area contributed by atoms with Gasteiger partial charge in [0.05, 0.1) is 25.4 Å². The molecule has 81 heavy (non-hydrogen) atoms. The molecule has 0 aromatic heterocycles. The summed E-state index contributed by atoms with van der Waals surface area (Å²) in [6, 6.07) is -0.624. The number of hydrogen-bond acceptors (Lipinski definition) is 5. The van der Waals surface area contributed by atoms with Crippen molar-refractivity contribution in [2.45, 2.75) is 431 Å². The molecule has 0 rings (SSSR count). The van der Waals surface area contributed by atoms with Crippen LogP contribution in [-0.4, -0.2) is 47.4 Å². The lowest BCUT2D eigenvalue weighted by Crippen LogP contribution is -2.45. The summed E-state index contributed by atoms with van der Waals surface area (Å²) < 4.78 is 5.51. The number of amides is 1. The van der Waals surface area contributed by atoms with Crippen LogP contribution in [0, 0.1) is 0 Å². The van der Waals surface area contributed by atoms with Gasteiger partial charge in [0.25, 0.3) is 0 Å². The van der Waals surface area contributed by atoms with E-state index in [0.717, 1.165) is 38.5 Å². The molecule has 0 aliphatic heterocycles. The lowest BCUT2D eigenvalue weighted by atomic mass is 10.0. The molecule has 0 aromatic rings. The minimum absolute atomic E-state index is 0.0247. The zero-order valence-corrected chi connectivity index (χ0v) is 55.0. The number of carbonyl (C=O) groups is 2. The van der Waals surface area contributed by atoms with Crippen molar-refractivity contribution in [1.82, 2.24) is 5.32 Å². The quantitative estimate of drug-likeness (QED) is 0.0320. The Balaban J connectivity index is 3.32. The first kappa shape index (κ1) is 79.3. The number of esters is 1. The van der Waals surface area contributed by atoms with E-state index in [9.17, 15) is 19.8 Å². The minimum Gasteiger partial charge on any atom is -0.466 e. The highest BCUT2D eigenvalue weighted by atomic mass is 16.5. The van der Waals surface area contributed by atoms with Crippen LogP contribution in [-0.2, 0) is 14.3 Å². The van der Waals surface area contributed by atoms with Gasteiger partial charge >= 0.3 is 5.97 Å². The number of aliphatic hydroxyl groups excluding tert-OH is 2. The van der Waals surface area contributed by atoms with Gasteiger partial charge in [0.1, 0.15) is 0 Å². The molecule has 0 radical (unpaired) electrons. The van der Waals surface area contributed by atoms with Crippen molar-refractivity contribution in [3.8, 4) is 0 Å². The third-order valence-corrected chi connectivity index (χ3v) is 17.5. The summed E-state index contributed by atoms with van der Waals surface area (Å²) in [4.78, 5) is 24.6. The van der Waals surface area contributed by atoms with Gasteiger partial charge in [0.2, 0.25) is 5.91 Å². The fraction of sp³-hybridized carbons (Fsp3) is 0.920. The molecular weight excluding hydrogens is 995 g/mol. The third kappa shape index (κ3) is 67.3. The Hall–Kier alpha value is -1.66. The van der Waals surface area contributed by atoms with Crippen molar-refractivity contribution >= 4 is 11.9 Å². The van der Waals surface area contributed by atoms with Gasteiger partial charge in [-0.15, -0.1) is 0 Å². The van der Waals surface area contributed by atoms with Gasteiger partial charge in [-0.3, -0.25) is 9.59 Å². The largest absolute Gasteiger partial charge is 0.466 e. The standard InChI is InChI=1S/C75H145NO5/c1-3-5-7-9-11-13-15-17-18-38-42-45-49-53-57-61-65-69-75(80)81-70-66-62-58-54-50-46-43-40-37-35-33-31-29-27-25-23-21-19-20-22-24-26-28-30-32-34-36-39-41-44-48-52-56-60-64-68-74(79)76-72(71-77)73(78)67-63-59-55-51-47-16-14-12-10-8-6-4-2/h21,23,63,67,72-73,77-78H,3-20,22,24-62,64-66,68-71H2,1-2H3,(H,76,79)/b23-21-,67-63+. The van der Waals surface area contributed by atoms with Crippen LogP contribution in [0.3, 0.4) is 0 Å². The maximum atomic E-state index is 12.5. The van der Waals surface area contributed by atoms with Gasteiger partial charge < -0.3 is 20.3 Å². The number of ether oxygens (including phenoxy) is 1. The van der Waals surface area contributed by atoms with Gasteiger partial charge in [-0.25, -0.2) is 0 Å². The van der Waals surface area contributed by atoms with Crippen LogP contribution in [0.15, 0.2) is 24.3 Å². The van der Waals surface area contributed by atoms with Crippen molar-refractivity contribution < 1.29 is 24.5 Å². The Morgan fingerprint density at radius 3 is 0.877 bits per heavy atom. The molecule has 0 aliphatic rings. The molecule has 2 atom stereocenters. The molecule has 1 amide bonds. The van der Waals surface area contributed by atoms with E-state index in [1.807, 2.05) is 6.08 Å². The second kappa shape index (κ2) is 70.8. The fourth-order valence-electron chi connectivity index (χ4n) is 11.8. The van der Waals surface area contributed by atoms with Crippen LogP contribution in [0.4, 0.5) is 0 Å². The first-order valence-electron chi connectivity index (χ1n) is 37.1. The van der Waals surface area contributed by atoms with E-state index in [4.69, 9.17) is 4.74 Å². The van der Waals surface area contributed by atoms with E-state index in [2.05, 4.69) is 31.3 Å². The number of carbonyl (C=O) groups excluding carboxylic acids is 2. The molecule has 480 valence electrons. The minimum atomic E-state index is -0.840. The highest BCUT2D eigenvalue weighted by Gasteiger charge is 2.18. The second-order valence-electron chi connectivity index (χ2n) is 25.6. The van der Waals surface area contributed by atoms with Crippen molar-refractivity contribution in [2.75, 3.05) is 13.2 Å². The Morgan fingerprint density at radius 1 is 0.333 bits per heavy atom. The van der Waals surface area contributed by atoms with E-state index < -0.39 is 12.1 Å². The molecule has 0 saturated heterocycles. The molecular formula is C75H145NO5. The Labute approximate surface area is 507 Å². The molecule has 0 aliphatic carbocycles. The Bertz CT molecular complexity index is 1270. The van der Waals surface area contributed by atoms with E-state index in [1.54, 1.807) is 6.08 Å². The number of nitrogens with one attached hydrogen (secondary N) is 1. The summed E-state index contributed by atoms with van der Waals surface area (Å²) in [6.07, 6.45) is 90.1. The fourth-order valence-corrected chi connectivity index (χ4v) is 11.8. The SMILES string of the molecule is CCCCCCCCCCCC/C=C/C(O)C(CO)NC(=O)CCCCCCCCCCCCCCCCCCC/C=C\CCCCCCCCCCCCCCCCOC(=O)CCCCCCCCCCCCCCCCCCC. The molecule has 0 saturated carbocycles. The number of hydrogen-bond donors (Lipinski definition) is 3. The first-order chi connectivity index (χ1) is 40.0. The third-order valence-electron chi connectivity index (χ3n) is 17.5. The highest BCUT2D eigenvalue weighted by molar-refractivity contribution is 5.76. The molecule has 0 spiro atoms. The molecule has 6 heteroatoms. The van der Waals surface area contributed by atoms with Gasteiger partial charge in [0.15, 0.2) is 0 Å². The van der Waals surface area contributed by atoms with Crippen LogP contribution in [0.25, 0.3) is 0 Å².